The summed E-state index contributed by atoms with van der Waals surface area (Å²) in [6.07, 6.45) is 0. The maximum Gasteiger partial charge on any atom is 0.371 e. The molecule has 1 atom stereocenters. The molecule has 14 heavy (non-hydrogen) atoms. The highest BCUT2D eigenvalue weighted by atomic mass is 32.2. The summed E-state index contributed by atoms with van der Waals surface area (Å²) in [6, 6.07) is 3.19. The highest BCUT2D eigenvalue weighted by Gasteiger charge is 2.13. The van der Waals surface area contributed by atoms with Crippen LogP contribution in [0, 0.1) is 5.92 Å². The minimum absolute atomic E-state index is 0.00320. The van der Waals surface area contributed by atoms with Crippen LogP contribution in [0.2, 0.25) is 0 Å². The van der Waals surface area contributed by atoms with Gasteiger partial charge in [-0.1, -0.05) is 32.5 Å². The zero-order valence-corrected chi connectivity index (χ0v) is 9.30. The van der Waals surface area contributed by atoms with Crippen LogP contribution < -0.4 is 0 Å². The standard InChI is InChI=1S/C10H14O3S/c1-6(2)7(3)14-9-5-4-8(13-9)10(11)12/h4-7H,1-3H3,(H,11,12). The number of thioether (sulfide) groups is 1. The quantitative estimate of drug-likeness (QED) is 0.782. The topological polar surface area (TPSA) is 50.4 Å². The second kappa shape index (κ2) is 4.55. The third kappa shape index (κ3) is 2.80. The molecular formula is C10H14O3S. The molecule has 0 aliphatic carbocycles. The van der Waals surface area contributed by atoms with Crippen molar-refractivity contribution in [3.8, 4) is 0 Å². The second-order valence-electron chi connectivity index (χ2n) is 3.49. The summed E-state index contributed by atoms with van der Waals surface area (Å²) in [6.45, 7) is 6.34. The van der Waals surface area contributed by atoms with Crippen molar-refractivity contribution >= 4 is 17.7 Å². The zero-order chi connectivity index (χ0) is 10.7. The van der Waals surface area contributed by atoms with E-state index in [1.165, 1.54) is 6.07 Å². The van der Waals surface area contributed by atoms with E-state index in [0.29, 0.717) is 16.3 Å². The normalized spacial score (nSPS) is 13.1. The fourth-order valence-corrected chi connectivity index (χ4v) is 1.74. The van der Waals surface area contributed by atoms with Crippen LogP contribution in [0.4, 0.5) is 0 Å². The first-order valence-corrected chi connectivity index (χ1v) is 5.38. The Hall–Kier alpha value is -0.900. The third-order valence-corrected chi connectivity index (χ3v) is 3.40. The molecule has 0 radical (unpaired) electrons. The van der Waals surface area contributed by atoms with Crippen LogP contribution in [0.15, 0.2) is 21.6 Å². The van der Waals surface area contributed by atoms with Gasteiger partial charge in [0.05, 0.1) is 0 Å². The summed E-state index contributed by atoms with van der Waals surface area (Å²) in [4.78, 5) is 10.5. The highest BCUT2D eigenvalue weighted by molar-refractivity contribution is 7.99. The molecule has 3 nitrogen and oxygen atoms in total. The van der Waals surface area contributed by atoms with Crippen LogP contribution in [-0.2, 0) is 0 Å². The molecule has 1 aromatic rings. The molecule has 0 amide bonds. The van der Waals surface area contributed by atoms with Crippen LogP contribution in [-0.4, -0.2) is 16.3 Å². The van der Waals surface area contributed by atoms with Gasteiger partial charge in [0.15, 0.2) is 5.09 Å². The van der Waals surface area contributed by atoms with E-state index in [4.69, 9.17) is 9.52 Å². The molecule has 0 bridgehead atoms. The molecule has 78 valence electrons. The summed E-state index contributed by atoms with van der Waals surface area (Å²) in [5.74, 6) is -0.476. The Kier molecular flexibility index (Phi) is 3.63. The van der Waals surface area contributed by atoms with Crippen molar-refractivity contribution in [2.45, 2.75) is 31.1 Å². The number of carbonyl (C=O) groups is 1. The number of carboxylic acid groups (broad SMARTS) is 1. The van der Waals surface area contributed by atoms with E-state index in [9.17, 15) is 4.79 Å². The summed E-state index contributed by atoms with van der Waals surface area (Å²) in [5, 5.41) is 9.73. The lowest BCUT2D eigenvalue weighted by Gasteiger charge is -2.12. The van der Waals surface area contributed by atoms with E-state index >= 15 is 0 Å². The van der Waals surface area contributed by atoms with Crippen molar-refractivity contribution < 1.29 is 14.3 Å². The summed E-state index contributed by atoms with van der Waals surface area (Å²) >= 11 is 1.56. The van der Waals surface area contributed by atoms with Crippen molar-refractivity contribution in [3.05, 3.63) is 17.9 Å². The molecule has 1 rings (SSSR count). The average Bonchev–Trinajstić information content (AvgIpc) is 2.52. The number of furan rings is 1. The van der Waals surface area contributed by atoms with Crippen LogP contribution in [0.1, 0.15) is 31.3 Å². The lowest BCUT2D eigenvalue weighted by molar-refractivity contribution is 0.0656. The largest absolute Gasteiger partial charge is 0.475 e. The van der Waals surface area contributed by atoms with E-state index in [-0.39, 0.29) is 5.76 Å². The Morgan fingerprint density at radius 3 is 2.50 bits per heavy atom. The fraction of sp³-hybridized carbons (Fsp3) is 0.500. The molecule has 1 aromatic heterocycles. The van der Waals surface area contributed by atoms with Gasteiger partial charge in [0.2, 0.25) is 5.76 Å². The van der Waals surface area contributed by atoms with Gasteiger partial charge in [-0.2, -0.15) is 0 Å². The van der Waals surface area contributed by atoms with Crippen LogP contribution in [0.5, 0.6) is 0 Å². The van der Waals surface area contributed by atoms with Crippen LogP contribution >= 0.6 is 11.8 Å². The molecule has 1 unspecified atom stereocenters. The minimum Gasteiger partial charge on any atom is -0.475 e. The summed E-state index contributed by atoms with van der Waals surface area (Å²) < 4.78 is 5.13. The van der Waals surface area contributed by atoms with Crippen molar-refractivity contribution in [2.24, 2.45) is 5.92 Å². The molecular weight excluding hydrogens is 200 g/mol. The molecule has 1 N–H and O–H groups in total. The van der Waals surface area contributed by atoms with Gasteiger partial charge >= 0.3 is 5.97 Å². The predicted molar refractivity (Wildman–Crippen MR) is 55.8 cm³/mol. The Morgan fingerprint density at radius 2 is 2.07 bits per heavy atom. The van der Waals surface area contributed by atoms with Gasteiger partial charge in [-0.25, -0.2) is 4.79 Å². The number of hydrogen-bond donors (Lipinski definition) is 1. The highest BCUT2D eigenvalue weighted by Crippen LogP contribution is 2.29. The van der Waals surface area contributed by atoms with Crippen LogP contribution in [0.25, 0.3) is 0 Å². The second-order valence-corrected chi connectivity index (χ2v) is 4.87. The van der Waals surface area contributed by atoms with Crippen molar-refractivity contribution in [3.63, 3.8) is 0 Å². The molecule has 0 spiro atoms. The summed E-state index contributed by atoms with van der Waals surface area (Å²) in [5.41, 5.74) is 0. The number of carboxylic acids is 1. The lowest BCUT2D eigenvalue weighted by atomic mass is 10.2. The Labute approximate surface area is 87.5 Å². The minimum atomic E-state index is -1.02. The molecule has 4 heteroatoms. The molecule has 0 fully saturated rings. The third-order valence-electron chi connectivity index (χ3n) is 2.03. The molecule has 1 heterocycles. The molecule has 0 saturated heterocycles. The Bertz CT molecular complexity index is 317. The van der Waals surface area contributed by atoms with E-state index in [1.807, 2.05) is 0 Å². The molecule has 0 aliphatic rings. The first kappa shape index (κ1) is 11.2. The van der Waals surface area contributed by atoms with Crippen molar-refractivity contribution in [2.75, 3.05) is 0 Å². The van der Waals surface area contributed by atoms with Gasteiger partial charge in [-0.15, -0.1) is 0 Å². The van der Waals surface area contributed by atoms with Gasteiger partial charge in [0, 0.05) is 5.25 Å². The number of hydrogen-bond acceptors (Lipinski definition) is 3. The van der Waals surface area contributed by atoms with Crippen molar-refractivity contribution in [1.29, 1.82) is 0 Å². The molecule has 0 aromatic carbocycles. The fourth-order valence-electron chi connectivity index (χ4n) is 0.818. The SMILES string of the molecule is CC(C)C(C)Sc1ccc(C(=O)O)o1. The Morgan fingerprint density at radius 1 is 1.43 bits per heavy atom. The maximum absolute atomic E-state index is 10.5. The lowest BCUT2D eigenvalue weighted by Crippen LogP contribution is -2.04. The number of aromatic carboxylic acids is 1. The van der Waals surface area contributed by atoms with Gasteiger partial charge in [0.25, 0.3) is 0 Å². The molecule has 0 saturated carbocycles. The monoisotopic (exact) mass is 214 g/mol. The number of rotatable bonds is 4. The van der Waals surface area contributed by atoms with E-state index in [2.05, 4.69) is 20.8 Å². The zero-order valence-electron chi connectivity index (χ0n) is 8.48. The van der Waals surface area contributed by atoms with E-state index < -0.39 is 5.97 Å². The maximum atomic E-state index is 10.5. The first-order valence-electron chi connectivity index (χ1n) is 4.50. The van der Waals surface area contributed by atoms with E-state index in [0.717, 1.165) is 0 Å². The first-order chi connectivity index (χ1) is 6.50. The van der Waals surface area contributed by atoms with Gasteiger partial charge in [-0.3, -0.25) is 0 Å². The Balaban J connectivity index is 2.64. The van der Waals surface area contributed by atoms with Gasteiger partial charge in [0.1, 0.15) is 0 Å². The van der Waals surface area contributed by atoms with Gasteiger partial charge < -0.3 is 9.52 Å². The predicted octanol–water partition coefficient (Wildman–Crippen LogP) is 3.11. The smallest absolute Gasteiger partial charge is 0.371 e. The molecule has 0 aliphatic heterocycles. The van der Waals surface area contributed by atoms with Crippen LogP contribution in [0.3, 0.4) is 0 Å². The van der Waals surface area contributed by atoms with Gasteiger partial charge in [-0.05, 0) is 18.1 Å². The summed E-state index contributed by atoms with van der Waals surface area (Å²) in [7, 11) is 0. The van der Waals surface area contributed by atoms with Crippen molar-refractivity contribution in [1.82, 2.24) is 0 Å². The average molecular weight is 214 g/mol. The van der Waals surface area contributed by atoms with E-state index in [1.54, 1.807) is 17.8 Å².